The molecule has 0 unspecified atom stereocenters. The molecule has 7 heteroatoms. The van der Waals surface area contributed by atoms with Crippen LogP contribution in [0.3, 0.4) is 0 Å². The van der Waals surface area contributed by atoms with E-state index in [0.717, 1.165) is 0 Å². The van der Waals surface area contributed by atoms with Gasteiger partial charge in [-0.3, -0.25) is 9.59 Å². The number of para-hydroxylation sites is 1. The van der Waals surface area contributed by atoms with Gasteiger partial charge < -0.3 is 20.1 Å². The smallest absolute Gasteiger partial charge is 0.342 e. The van der Waals surface area contributed by atoms with Gasteiger partial charge in [-0.2, -0.15) is 0 Å². The zero-order chi connectivity index (χ0) is 15.1. The van der Waals surface area contributed by atoms with Crippen molar-refractivity contribution in [2.24, 2.45) is 0 Å². The van der Waals surface area contributed by atoms with E-state index in [1.54, 1.807) is 26.2 Å². The van der Waals surface area contributed by atoms with Crippen molar-refractivity contribution in [2.45, 2.75) is 0 Å². The fourth-order valence-corrected chi connectivity index (χ4v) is 1.24. The first-order chi connectivity index (χ1) is 9.41. The number of esters is 1. The number of nitrogens with one attached hydrogen (secondary N) is 1. The van der Waals surface area contributed by atoms with E-state index in [2.05, 4.69) is 5.32 Å². The Bertz CT molecular complexity index is 513. The highest BCUT2D eigenvalue weighted by molar-refractivity contribution is 5.94. The van der Waals surface area contributed by atoms with Gasteiger partial charge in [-0.25, -0.2) is 4.79 Å². The third-order valence-corrected chi connectivity index (χ3v) is 2.39. The summed E-state index contributed by atoms with van der Waals surface area (Å²) in [5, 5.41) is 11.7. The highest BCUT2D eigenvalue weighted by atomic mass is 16.5. The topological polar surface area (TPSA) is 95.9 Å². The van der Waals surface area contributed by atoms with Gasteiger partial charge >= 0.3 is 5.97 Å². The van der Waals surface area contributed by atoms with Crippen molar-refractivity contribution in [1.82, 2.24) is 10.2 Å². The monoisotopic (exact) mass is 280 g/mol. The lowest BCUT2D eigenvalue weighted by atomic mass is 10.2. The normalized spacial score (nSPS) is 9.70. The molecule has 0 heterocycles. The first-order valence-corrected chi connectivity index (χ1v) is 5.83. The number of amides is 2. The van der Waals surface area contributed by atoms with E-state index < -0.39 is 18.5 Å². The van der Waals surface area contributed by atoms with Crippen molar-refractivity contribution in [3.63, 3.8) is 0 Å². The number of phenolic OH excluding ortho intramolecular Hbond substituents is 1. The van der Waals surface area contributed by atoms with E-state index in [0.29, 0.717) is 0 Å². The first-order valence-electron chi connectivity index (χ1n) is 5.83. The zero-order valence-electron chi connectivity index (χ0n) is 11.3. The predicted molar refractivity (Wildman–Crippen MR) is 70.1 cm³/mol. The number of hydrogen-bond acceptors (Lipinski definition) is 5. The molecule has 0 saturated heterocycles. The SMILES string of the molecule is CN(C)C(=O)CNC(=O)COC(=O)c1ccccc1O. The molecule has 108 valence electrons. The van der Waals surface area contributed by atoms with Gasteiger partial charge in [-0.05, 0) is 12.1 Å². The summed E-state index contributed by atoms with van der Waals surface area (Å²) < 4.78 is 4.73. The Kier molecular flexibility index (Phi) is 5.52. The molecule has 0 spiro atoms. The Morgan fingerprint density at radius 2 is 1.90 bits per heavy atom. The minimum absolute atomic E-state index is 0.0235. The highest BCUT2D eigenvalue weighted by Crippen LogP contribution is 2.16. The van der Waals surface area contributed by atoms with E-state index in [4.69, 9.17) is 4.74 Å². The van der Waals surface area contributed by atoms with E-state index >= 15 is 0 Å². The molecule has 2 amide bonds. The average Bonchev–Trinajstić information content (AvgIpc) is 2.42. The molecule has 0 aliphatic heterocycles. The molecule has 0 bridgehead atoms. The van der Waals surface area contributed by atoms with Crippen molar-refractivity contribution >= 4 is 17.8 Å². The van der Waals surface area contributed by atoms with Gasteiger partial charge in [0.1, 0.15) is 11.3 Å². The molecular weight excluding hydrogens is 264 g/mol. The fraction of sp³-hybridized carbons (Fsp3) is 0.308. The third-order valence-electron chi connectivity index (χ3n) is 2.39. The molecular formula is C13H16N2O5. The first kappa shape index (κ1) is 15.5. The van der Waals surface area contributed by atoms with Crippen molar-refractivity contribution < 1.29 is 24.2 Å². The largest absolute Gasteiger partial charge is 0.507 e. The Morgan fingerprint density at radius 1 is 1.25 bits per heavy atom. The summed E-state index contributed by atoms with van der Waals surface area (Å²) >= 11 is 0. The van der Waals surface area contributed by atoms with Crippen molar-refractivity contribution in [2.75, 3.05) is 27.2 Å². The number of likely N-dealkylation sites (N-methyl/N-ethyl adjacent to an activating group) is 1. The summed E-state index contributed by atoms with van der Waals surface area (Å²) in [6.45, 7) is -0.687. The van der Waals surface area contributed by atoms with Gasteiger partial charge in [0.05, 0.1) is 6.54 Å². The number of phenols is 1. The van der Waals surface area contributed by atoms with Crippen LogP contribution in [0.2, 0.25) is 0 Å². The highest BCUT2D eigenvalue weighted by Gasteiger charge is 2.14. The van der Waals surface area contributed by atoms with Gasteiger partial charge in [-0.15, -0.1) is 0 Å². The summed E-state index contributed by atoms with van der Waals surface area (Å²) in [7, 11) is 3.12. The predicted octanol–water partition coefficient (Wildman–Crippen LogP) is -0.247. The Hall–Kier alpha value is -2.57. The Balaban J connectivity index is 2.40. The molecule has 0 radical (unpaired) electrons. The second kappa shape index (κ2) is 7.13. The average molecular weight is 280 g/mol. The summed E-state index contributed by atoms with van der Waals surface area (Å²) in [5.74, 6) is -1.90. The maximum Gasteiger partial charge on any atom is 0.342 e. The Labute approximate surface area is 116 Å². The molecule has 7 nitrogen and oxygen atoms in total. The minimum atomic E-state index is -0.808. The van der Waals surface area contributed by atoms with E-state index in [1.165, 1.54) is 17.0 Å². The molecule has 20 heavy (non-hydrogen) atoms. The number of benzene rings is 1. The molecule has 0 aliphatic carbocycles. The standard InChI is InChI=1S/C13H16N2O5/c1-15(2)12(18)7-14-11(17)8-20-13(19)9-5-3-4-6-10(9)16/h3-6,16H,7-8H2,1-2H3,(H,14,17). The van der Waals surface area contributed by atoms with Crippen molar-refractivity contribution in [3.05, 3.63) is 29.8 Å². The number of carbonyl (C=O) groups is 3. The fourth-order valence-electron chi connectivity index (χ4n) is 1.24. The van der Waals surface area contributed by atoms with Crippen LogP contribution in [0.25, 0.3) is 0 Å². The van der Waals surface area contributed by atoms with Crippen LogP contribution in [0.5, 0.6) is 5.75 Å². The lowest BCUT2D eigenvalue weighted by molar-refractivity contribution is -0.131. The molecule has 1 aromatic carbocycles. The number of rotatable bonds is 5. The minimum Gasteiger partial charge on any atom is -0.507 e. The second-order valence-corrected chi connectivity index (χ2v) is 4.16. The summed E-state index contributed by atoms with van der Waals surface area (Å²) in [6.07, 6.45) is 0. The maximum absolute atomic E-state index is 11.6. The third kappa shape index (κ3) is 4.60. The quantitative estimate of drug-likeness (QED) is 0.725. The molecule has 0 aliphatic rings. The number of carbonyl (C=O) groups excluding carboxylic acids is 3. The maximum atomic E-state index is 11.6. The number of aromatic hydroxyl groups is 1. The lowest BCUT2D eigenvalue weighted by Gasteiger charge is -2.11. The molecule has 0 fully saturated rings. The molecule has 1 rings (SSSR count). The van der Waals surface area contributed by atoms with E-state index in [-0.39, 0.29) is 23.8 Å². The van der Waals surface area contributed by atoms with E-state index in [1.807, 2.05) is 0 Å². The molecule has 0 aromatic heterocycles. The van der Waals surface area contributed by atoms with Gasteiger partial charge in [0.15, 0.2) is 6.61 Å². The molecule has 0 saturated carbocycles. The Morgan fingerprint density at radius 3 is 2.50 bits per heavy atom. The van der Waals surface area contributed by atoms with E-state index in [9.17, 15) is 19.5 Å². The summed E-state index contributed by atoms with van der Waals surface area (Å²) in [5.41, 5.74) is -0.0235. The van der Waals surface area contributed by atoms with Crippen molar-refractivity contribution in [1.29, 1.82) is 0 Å². The van der Waals surface area contributed by atoms with Crippen LogP contribution in [0.4, 0.5) is 0 Å². The van der Waals surface area contributed by atoms with Crippen LogP contribution in [0.15, 0.2) is 24.3 Å². The number of ether oxygens (including phenoxy) is 1. The number of nitrogens with zero attached hydrogens (tertiary/aromatic N) is 1. The summed E-state index contributed by atoms with van der Waals surface area (Å²) in [6, 6.07) is 5.84. The van der Waals surface area contributed by atoms with Crippen molar-refractivity contribution in [3.8, 4) is 5.75 Å². The van der Waals surface area contributed by atoms with Crippen LogP contribution >= 0.6 is 0 Å². The van der Waals surface area contributed by atoms with Gasteiger partial charge in [0, 0.05) is 14.1 Å². The van der Waals surface area contributed by atoms with Crippen LogP contribution in [0.1, 0.15) is 10.4 Å². The van der Waals surface area contributed by atoms with Gasteiger partial charge in [0.25, 0.3) is 5.91 Å². The lowest BCUT2D eigenvalue weighted by Crippen LogP contribution is -2.38. The van der Waals surface area contributed by atoms with Crippen LogP contribution in [-0.4, -0.2) is 55.0 Å². The number of hydrogen-bond donors (Lipinski definition) is 2. The molecule has 2 N–H and O–H groups in total. The van der Waals surface area contributed by atoms with Crippen LogP contribution < -0.4 is 5.32 Å². The van der Waals surface area contributed by atoms with Gasteiger partial charge in [-0.1, -0.05) is 12.1 Å². The van der Waals surface area contributed by atoms with Gasteiger partial charge in [0.2, 0.25) is 5.91 Å². The summed E-state index contributed by atoms with van der Waals surface area (Å²) in [4.78, 5) is 35.5. The molecule has 1 aromatic rings. The second-order valence-electron chi connectivity index (χ2n) is 4.16. The molecule has 0 atom stereocenters. The van der Waals surface area contributed by atoms with Crippen LogP contribution in [0, 0.1) is 0 Å². The zero-order valence-corrected chi connectivity index (χ0v) is 11.3. The van der Waals surface area contributed by atoms with Crippen LogP contribution in [-0.2, 0) is 14.3 Å².